The van der Waals surface area contributed by atoms with Gasteiger partial charge in [-0.2, -0.15) is 0 Å². The highest BCUT2D eigenvalue weighted by Gasteiger charge is 2.18. The summed E-state index contributed by atoms with van der Waals surface area (Å²) in [7, 11) is 1.65. The Kier molecular flexibility index (Phi) is 7.37. The third kappa shape index (κ3) is 5.59. The Balaban J connectivity index is 1.35. The standard InChI is InChI=1S/C29H26N4O3S/c1-20-7-3-4-11-26(20)33-27(23-8-5-9-24(17-23)35-2)31-32-29(33)37-19-21-12-14-22(15-13-21)28(34)30-18-25-10-6-16-36-25/h3-17H,18-19H2,1-2H3,(H,30,34). The number of carbonyl (C=O) groups excluding carboxylic acids is 1. The highest BCUT2D eigenvalue weighted by atomic mass is 32.2. The summed E-state index contributed by atoms with van der Waals surface area (Å²) in [4.78, 5) is 12.5. The molecule has 186 valence electrons. The molecule has 8 heteroatoms. The zero-order valence-electron chi connectivity index (χ0n) is 20.5. The Labute approximate surface area is 219 Å². The highest BCUT2D eigenvalue weighted by Crippen LogP contribution is 2.32. The number of nitrogens with one attached hydrogen (secondary N) is 1. The van der Waals surface area contributed by atoms with Gasteiger partial charge in [0.2, 0.25) is 0 Å². The Morgan fingerprint density at radius 3 is 2.59 bits per heavy atom. The maximum absolute atomic E-state index is 12.5. The fourth-order valence-electron chi connectivity index (χ4n) is 3.93. The first kappa shape index (κ1) is 24.4. The second-order valence-corrected chi connectivity index (χ2v) is 9.35. The molecule has 0 atom stereocenters. The molecule has 2 heterocycles. The van der Waals surface area contributed by atoms with Gasteiger partial charge in [-0.3, -0.25) is 9.36 Å². The van der Waals surface area contributed by atoms with Gasteiger partial charge in [-0.15, -0.1) is 10.2 Å². The minimum absolute atomic E-state index is 0.141. The number of para-hydroxylation sites is 1. The molecule has 0 spiro atoms. The fraction of sp³-hybridized carbons (Fsp3) is 0.138. The van der Waals surface area contributed by atoms with E-state index in [-0.39, 0.29) is 5.91 Å². The molecular weight excluding hydrogens is 484 g/mol. The van der Waals surface area contributed by atoms with E-state index >= 15 is 0 Å². The van der Waals surface area contributed by atoms with Gasteiger partial charge in [0.05, 0.1) is 25.6 Å². The molecule has 0 unspecified atom stereocenters. The molecule has 1 amide bonds. The summed E-state index contributed by atoms with van der Waals surface area (Å²) in [6.07, 6.45) is 1.59. The van der Waals surface area contributed by atoms with E-state index in [9.17, 15) is 4.79 Å². The van der Waals surface area contributed by atoms with Crippen LogP contribution in [0.25, 0.3) is 17.1 Å². The van der Waals surface area contributed by atoms with Gasteiger partial charge in [0.25, 0.3) is 5.91 Å². The van der Waals surface area contributed by atoms with Crippen LogP contribution in [0.1, 0.15) is 27.2 Å². The van der Waals surface area contributed by atoms with E-state index in [1.54, 1.807) is 31.2 Å². The average Bonchev–Trinajstić information content (AvgIpc) is 3.61. The van der Waals surface area contributed by atoms with Crippen molar-refractivity contribution < 1.29 is 13.9 Å². The van der Waals surface area contributed by atoms with E-state index in [0.29, 0.717) is 23.6 Å². The van der Waals surface area contributed by atoms with Gasteiger partial charge >= 0.3 is 0 Å². The molecule has 0 aliphatic rings. The monoisotopic (exact) mass is 510 g/mol. The van der Waals surface area contributed by atoms with Crippen molar-refractivity contribution in [1.29, 1.82) is 0 Å². The molecule has 0 aliphatic heterocycles. The Morgan fingerprint density at radius 2 is 1.84 bits per heavy atom. The minimum Gasteiger partial charge on any atom is -0.497 e. The van der Waals surface area contributed by atoms with Crippen molar-refractivity contribution in [3.63, 3.8) is 0 Å². The zero-order chi connectivity index (χ0) is 25.6. The van der Waals surface area contributed by atoms with Crippen LogP contribution >= 0.6 is 11.8 Å². The number of methoxy groups -OCH3 is 1. The SMILES string of the molecule is COc1cccc(-c2nnc(SCc3ccc(C(=O)NCc4ccco4)cc3)n2-c2ccccc2C)c1. The van der Waals surface area contributed by atoms with Crippen molar-refractivity contribution >= 4 is 17.7 Å². The number of nitrogens with zero attached hydrogens (tertiary/aromatic N) is 3. The lowest BCUT2D eigenvalue weighted by molar-refractivity contribution is 0.0948. The number of carbonyl (C=O) groups is 1. The largest absolute Gasteiger partial charge is 0.497 e. The molecule has 0 bridgehead atoms. The van der Waals surface area contributed by atoms with Crippen molar-refractivity contribution in [2.24, 2.45) is 0 Å². The van der Waals surface area contributed by atoms with Gasteiger partial charge in [0.1, 0.15) is 11.5 Å². The zero-order valence-corrected chi connectivity index (χ0v) is 21.4. The fourth-order valence-corrected chi connectivity index (χ4v) is 4.83. The second kappa shape index (κ2) is 11.2. The molecule has 7 nitrogen and oxygen atoms in total. The maximum Gasteiger partial charge on any atom is 0.251 e. The number of ether oxygens (including phenoxy) is 1. The number of amides is 1. The first-order chi connectivity index (χ1) is 18.1. The molecule has 0 fully saturated rings. The summed E-state index contributed by atoms with van der Waals surface area (Å²) in [6, 6.07) is 27.2. The van der Waals surface area contributed by atoms with Gasteiger partial charge in [-0.1, -0.05) is 54.2 Å². The third-order valence-corrected chi connectivity index (χ3v) is 6.91. The quantitative estimate of drug-likeness (QED) is 0.243. The molecule has 0 saturated heterocycles. The van der Waals surface area contributed by atoms with Crippen LogP contribution in [0.15, 0.2) is 101 Å². The van der Waals surface area contributed by atoms with Crippen molar-refractivity contribution in [3.05, 3.63) is 114 Å². The van der Waals surface area contributed by atoms with Crippen LogP contribution in [-0.4, -0.2) is 27.8 Å². The molecule has 3 aromatic carbocycles. The summed E-state index contributed by atoms with van der Waals surface area (Å²) in [6.45, 7) is 2.43. The number of rotatable bonds is 9. The number of hydrogen-bond donors (Lipinski definition) is 1. The molecule has 2 aromatic heterocycles. The lowest BCUT2D eigenvalue weighted by Gasteiger charge is -2.13. The molecule has 1 N–H and O–H groups in total. The van der Waals surface area contributed by atoms with E-state index in [4.69, 9.17) is 9.15 Å². The summed E-state index contributed by atoms with van der Waals surface area (Å²) in [5.74, 6) is 2.76. The van der Waals surface area contributed by atoms with Crippen LogP contribution in [0.4, 0.5) is 0 Å². The van der Waals surface area contributed by atoms with Gasteiger partial charge in [0, 0.05) is 16.9 Å². The summed E-state index contributed by atoms with van der Waals surface area (Å²) < 4.78 is 12.8. The smallest absolute Gasteiger partial charge is 0.251 e. The van der Waals surface area contributed by atoms with Crippen LogP contribution in [0.2, 0.25) is 0 Å². The summed E-state index contributed by atoms with van der Waals surface area (Å²) in [5, 5.41) is 12.7. The Bertz CT molecular complexity index is 1490. The highest BCUT2D eigenvalue weighted by molar-refractivity contribution is 7.98. The molecule has 0 aliphatic carbocycles. The minimum atomic E-state index is -0.141. The first-order valence-electron chi connectivity index (χ1n) is 11.8. The van der Waals surface area contributed by atoms with Crippen LogP contribution in [0.5, 0.6) is 5.75 Å². The summed E-state index contributed by atoms with van der Waals surface area (Å²) in [5.41, 5.74) is 4.75. The number of hydrogen-bond acceptors (Lipinski definition) is 6. The van der Waals surface area contributed by atoms with Gasteiger partial charge < -0.3 is 14.5 Å². The molecular formula is C29H26N4O3S. The van der Waals surface area contributed by atoms with Crippen molar-refractivity contribution in [1.82, 2.24) is 20.1 Å². The lowest BCUT2D eigenvalue weighted by Crippen LogP contribution is -2.22. The molecule has 5 aromatic rings. The van der Waals surface area contributed by atoms with E-state index in [1.807, 2.05) is 66.7 Å². The van der Waals surface area contributed by atoms with Crippen molar-refractivity contribution in [3.8, 4) is 22.8 Å². The predicted octanol–water partition coefficient (Wildman–Crippen LogP) is 6.07. The first-order valence-corrected chi connectivity index (χ1v) is 12.8. The maximum atomic E-state index is 12.5. The predicted molar refractivity (Wildman–Crippen MR) is 144 cm³/mol. The number of aromatic nitrogens is 3. The Hall–Kier alpha value is -4.30. The molecule has 37 heavy (non-hydrogen) atoms. The molecule has 0 radical (unpaired) electrons. The van der Waals surface area contributed by atoms with Gasteiger partial charge in [-0.05, 0) is 60.5 Å². The van der Waals surface area contributed by atoms with E-state index in [0.717, 1.165) is 39.1 Å². The topological polar surface area (TPSA) is 82.2 Å². The van der Waals surface area contributed by atoms with Crippen LogP contribution in [-0.2, 0) is 12.3 Å². The van der Waals surface area contributed by atoms with E-state index in [1.165, 1.54) is 0 Å². The normalized spacial score (nSPS) is 10.9. The van der Waals surface area contributed by atoms with E-state index < -0.39 is 0 Å². The number of furan rings is 1. The number of thioether (sulfide) groups is 1. The van der Waals surface area contributed by atoms with Gasteiger partial charge in [0.15, 0.2) is 11.0 Å². The van der Waals surface area contributed by atoms with Crippen LogP contribution < -0.4 is 10.1 Å². The number of benzene rings is 3. The van der Waals surface area contributed by atoms with Crippen molar-refractivity contribution in [2.45, 2.75) is 24.4 Å². The molecule has 0 saturated carbocycles. The van der Waals surface area contributed by atoms with E-state index in [2.05, 4.69) is 39.1 Å². The van der Waals surface area contributed by atoms with Gasteiger partial charge in [-0.25, -0.2) is 0 Å². The van der Waals surface area contributed by atoms with Crippen LogP contribution in [0, 0.1) is 6.92 Å². The second-order valence-electron chi connectivity index (χ2n) is 8.41. The Morgan fingerprint density at radius 1 is 1.00 bits per heavy atom. The lowest BCUT2D eigenvalue weighted by atomic mass is 10.1. The molecule has 5 rings (SSSR count). The summed E-state index contributed by atoms with van der Waals surface area (Å²) >= 11 is 1.60. The average molecular weight is 511 g/mol. The third-order valence-electron chi connectivity index (χ3n) is 5.90. The van der Waals surface area contributed by atoms with Crippen molar-refractivity contribution in [2.75, 3.05) is 7.11 Å². The number of aryl methyl sites for hydroxylation is 1. The van der Waals surface area contributed by atoms with Crippen LogP contribution in [0.3, 0.4) is 0 Å².